The van der Waals surface area contributed by atoms with Gasteiger partial charge in [0.15, 0.2) is 0 Å². The average molecular weight is 267 g/mol. The molecule has 2 rings (SSSR count). The van der Waals surface area contributed by atoms with Crippen LogP contribution in [-0.4, -0.2) is 26.3 Å². The van der Waals surface area contributed by atoms with Gasteiger partial charge >= 0.3 is 0 Å². The summed E-state index contributed by atoms with van der Waals surface area (Å²) in [5.74, 6) is 0.904. The quantitative estimate of drug-likeness (QED) is 0.849. The molecule has 0 saturated carbocycles. The van der Waals surface area contributed by atoms with E-state index >= 15 is 0 Å². The third-order valence-corrected chi connectivity index (χ3v) is 2.73. The van der Waals surface area contributed by atoms with E-state index in [0.29, 0.717) is 11.7 Å². The van der Waals surface area contributed by atoms with Crippen LogP contribution in [-0.2, 0) is 13.6 Å². The summed E-state index contributed by atoms with van der Waals surface area (Å²) in [6.45, 7) is 3.54. The lowest BCUT2D eigenvalue weighted by atomic mass is 10.3. The Hall–Kier alpha value is -1.82. The van der Waals surface area contributed by atoms with Gasteiger partial charge in [-0.1, -0.05) is 11.6 Å². The first-order chi connectivity index (χ1) is 8.58. The smallest absolute Gasteiger partial charge is 0.223 e. The van der Waals surface area contributed by atoms with Crippen LogP contribution in [0.5, 0.6) is 0 Å². The SMILES string of the molecule is CCN(Cc1cnn(C)c1)c1cc(Cl)nc(N)n1. The Bertz CT molecular complexity index is 518. The Morgan fingerprint density at radius 1 is 1.44 bits per heavy atom. The van der Waals surface area contributed by atoms with Crippen molar-refractivity contribution in [2.45, 2.75) is 13.5 Å². The molecule has 2 aromatic heterocycles. The highest BCUT2D eigenvalue weighted by Gasteiger charge is 2.10. The summed E-state index contributed by atoms with van der Waals surface area (Å²) in [4.78, 5) is 10.1. The Morgan fingerprint density at radius 3 is 2.78 bits per heavy atom. The molecule has 0 radical (unpaired) electrons. The molecule has 0 amide bonds. The van der Waals surface area contributed by atoms with Gasteiger partial charge in [0, 0.05) is 38.0 Å². The first-order valence-corrected chi connectivity index (χ1v) is 5.99. The summed E-state index contributed by atoms with van der Waals surface area (Å²) in [5, 5.41) is 4.49. The summed E-state index contributed by atoms with van der Waals surface area (Å²) in [5.41, 5.74) is 6.70. The molecule has 96 valence electrons. The van der Waals surface area contributed by atoms with Gasteiger partial charge < -0.3 is 10.6 Å². The van der Waals surface area contributed by atoms with Crippen molar-refractivity contribution in [1.29, 1.82) is 0 Å². The van der Waals surface area contributed by atoms with Gasteiger partial charge in [0.2, 0.25) is 5.95 Å². The second kappa shape index (κ2) is 5.22. The first-order valence-electron chi connectivity index (χ1n) is 5.61. The van der Waals surface area contributed by atoms with Gasteiger partial charge in [-0.15, -0.1) is 0 Å². The Kier molecular flexibility index (Phi) is 3.66. The van der Waals surface area contributed by atoms with Crippen molar-refractivity contribution in [3.63, 3.8) is 0 Å². The largest absolute Gasteiger partial charge is 0.368 e. The molecule has 0 aliphatic heterocycles. The highest BCUT2D eigenvalue weighted by molar-refractivity contribution is 6.29. The minimum absolute atomic E-state index is 0.183. The van der Waals surface area contributed by atoms with Crippen LogP contribution < -0.4 is 10.6 Å². The Balaban J connectivity index is 2.22. The number of hydrogen-bond donors (Lipinski definition) is 1. The van der Waals surface area contributed by atoms with E-state index < -0.39 is 0 Å². The minimum Gasteiger partial charge on any atom is -0.368 e. The van der Waals surface area contributed by atoms with Crippen LogP contribution >= 0.6 is 11.6 Å². The van der Waals surface area contributed by atoms with Crippen molar-refractivity contribution < 1.29 is 0 Å². The van der Waals surface area contributed by atoms with Crippen molar-refractivity contribution in [3.8, 4) is 0 Å². The van der Waals surface area contributed by atoms with Gasteiger partial charge in [-0.25, -0.2) is 4.98 Å². The van der Waals surface area contributed by atoms with E-state index in [9.17, 15) is 0 Å². The van der Waals surface area contributed by atoms with E-state index in [-0.39, 0.29) is 5.95 Å². The maximum atomic E-state index is 5.88. The molecule has 0 aromatic carbocycles. The van der Waals surface area contributed by atoms with Gasteiger partial charge in [0.25, 0.3) is 0 Å². The van der Waals surface area contributed by atoms with Crippen LogP contribution in [0.3, 0.4) is 0 Å². The van der Waals surface area contributed by atoms with E-state index in [1.54, 1.807) is 10.7 Å². The molecule has 2 aromatic rings. The van der Waals surface area contributed by atoms with E-state index in [2.05, 4.69) is 20.0 Å². The summed E-state index contributed by atoms with van der Waals surface area (Å²) in [6.07, 6.45) is 3.80. The van der Waals surface area contributed by atoms with Gasteiger partial charge in [0.1, 0.15) is 11.0 Å². The van der Waals surface area contributed by atoms with Crippen LogP contribution in [0.4, 0.5) is 11.8 Å². The van der Waals surface area contributed by atoms with Crippen molar-refractivity contribution in [2.75, 3.05) is 17.2 Å². The number of aromatic nitrogens is 4. The molecule has 0 spiro atoms. The molecule has 0 saturated heterocycles. The molecule has 7 heteroatoms. The fourth-order valence-corrected chi connectivity index (χ4v) is 1.90. The number of aryl methyl sites for hydroxylation is 1. The lowest BCUT2D eigenvalue weighted by molar-refractivity contribution is 0.764. The lowest BCUT2D eigenvalue weighted by Crippen LogP contribution is -2.23. The molecular formula is C11H15ClN6. The fourth-order valence-electron chi connectivity index (χ4n) is 1.71. The molecular weight excluding hydrogens is 252 g/mol. The Morgan fingerprint density at radius 2 is 2.22 bits per heavy atom. The predicted molar refractivity (Wildman–Crippen MR) is 71.4 cm³/mol. The zero-order valence-electron chi connectivity index (χ0n) is 10.3. The zero-order valence-corrected chi connectivity index (χ0v) is 11.1. The summed E-state index contributed by atoms with van der Waals surface area (Å²) < 4.78 is 1.77. The van der Waals surface area contributed by atoms with Crippen molar-refractivity contribution >= 4 is 23.4 Å². The molecule has 2 N–H and O–H groups in total. The molecule has 6 nitrogen and oxygen atoms in total. The monoisotopic (exact) mass is 266 g/mol. The predicted octanol–water partition coefficient (Wildman–Crippen LogP) is 1.47. The minimum atomic E-state index is 0.183. The standard InChI is InChI=1S/C11H15ClN6/c1-3-18(7-8-5-14-17(2)6-8)10-4-9(12)15-11(13)16-10/h4-6H,3,7H2,1-2H3,(H2,13,15,16). The molecule has 0 bridgehead atoms. The number of nitrogen functional groups attached to an aromatic ring is 1. The van der Waals surface area contributed by atoms with Gasteiger partial charge in [-0.05, 0) is 6.92 Å². The molecule has 0 aliphatic rings. The molecule has 0 aliphatic carbocycles. The second-order valence-corrected chi connectivity index (χ2v) is 4.33. The Labute approximate surface area is 110 Å². The van der Waals surface area contributed by atoms with Gasteiger partial charge in [-0.2, -0.15) is 10.1 Å². The number of hydrogen-bond acceptors (Lipinski definition) is 5. The fraction of sp³-hybridized carbons (Fsp3) is 0.364. The maximum Gasteiger partial charge on any atom is 0.223 e. The first kappa shape index (κ1) is 12.6. The lowest BCUT2D eigenvalue weighted by Gasteiger charge is -2.21. The van der Waals surface area contributed by atoms with Gasteiger partial charge in [-0.3, -0.25) is 4.68 Å². The van der Waals surface area contributed by atoms with Crippen LogP contribution in [0.2, 0.25) is 5.15 Å². The zero-order chi connectivity index (χ0) is 13.1. The molecule has 0 atom stereocenters. The molecule has 0 fully saturated rings. The van der Waals surface area contributed by atoms with Crippen LogP contribution in [0, 0.1) is 0 Å². The number of nitrogens with two attached hydrogens (primary N) is 1. The van der Waals surface area contributed by atoms with Crippen LogP contribution in [0.25, 0.3) is 0 Å². The maximum absolute atomic E-state index is 5.88. The highest BCUT2D eigenvalue weighted by Crippen LogP contribution is 2.18. The van der Waals surface area contributed by atoms with Crippen molar-refractivity contribution in [1.82, 2.24) is 19.7 Å². The van der Waals surface area contributed by atoms with Crippen molar-refractivity contribution in [3.05, 3.63) is 29.2 Å². The summed E-state index contributed by atoms with van der Waals surface area (Å²) in [6, 6.07) is 1.71. The second-order valence-electron chi connectivity index (χ2n) is 3.94. The van der Waals surface area contributed by atoms with Gasteiger partial charge in [0.05, 0.1) is 6.20 Å². The highest BCUT2D eigenvalue weighted by atomic mass is 35.5. The number of nitrogens with zero attached hydrogens (tertiary/aromatic N) is 5. The molecule has 18 heavy (non-hydrogen) atoms. The van der Waals surface area contributed by atoms with E-state index in [1.807, 2.05) is 26.4 Å². The topological polar surface area (TPSA) is 72.9 Å². The number of anilines is 2. The van der Waals surface area contributed by atoms with Crippen LogP contribution in [0.15, 0.2) is 18.5 Å². The molecule has 2 heterocycles. The van der Waals surface area contributed by atoms with Crippen LogP contribution in [0.1, 0.15) is 12.5 Å². The van der Waals surface area contributed by atoms with E-state index in [4.69, 9.17) is 17.3 Å². The summed E-state index contributed by atoms with van der Waals surface area (Å²) in [7, 11) is 1.89. The third-order valence-electron chi connectivity index (χ3n) is 2.54. The summed E-state index contributed by atoms with van der Waals surface area (Å²) >= 11 is 5.88. The number of rotatable bonds is 4. The normalized spacial score (nSPS) is 10.6. The van der Waals surface area contributed by atoms with E-state index in [0.717, 1.165) is 17.9 Å². The molecule has 0 unspecified atom stereocenters. The average Bonchev–Trinajstić information content (AvgIpc) is 2.70. The van der Waals surface area contributed by atoms with Crippen molar-refractivity contribution in [2.24, 2.45) is 7.05 Å². The van der Waals surface area contributed by atoms with E-state index in [1.165, 1.54) is 0 Å². The number of halogens is 1. The third kappa shape index (κ3) is 2.89.